The molecule has 0 radical (unpaired) electrons. The van der Waals surface area contributed by atoms with Crippen molar-refractivity contribution < 1.29 is 4.74 Å². The van der Waals surface area contributed by atoms with Gasteiger partial charge in [-0.1, -0.05) is 27.5 Å². The Labute approximate surface area is 120 Å². The average molecular weight is 378 g/mol. The molecular formula is C11H7Br2ClN2O. The van der Waals surface area contributed by atoms with Crippen LogP contribution in [0.15, 0.2) is 39.4 Å². The van der Waals surface area contributed by atoms with Crippen LogP contribution in [-0.4, -0.2) is 4.98 Å². The fourth-order valence-electron chi connectivity index (χ4n) is 1.19. The first kappa shape index (κ1) is 12.7. The van der Waals surface area contributed by atoms with Gasteiger partial charge in [0.25, 0.3) is 0 Å². The lowest BCUT2D eigenvalue weighted by molar-refractivity contribution is 0.462. The van der Waals surface area contributed by atoms with E-state index < -0.39 is 0 Å². The van der Waals surface area contributed by atoms with Gasteiger partial charge in [0.2, 0.25) is 5.88 Å². The Bertz CT molecular complexity index is 514. The lowest BCUT2D eigenvalue weighted by atomic mass is 10.3. The number of benzene rings is 1. The molecule has 1 aromatic carbocycles. The highest BCUT2D eigenvalue weighted by atomic mass is 79.9. The van der Waals surface area contributed by atoms with Gasteiger partial charge in [-0.25, -0.2) is 4.98 Å². The van der Waals surface area contributed by atoms with Crippen LogP contribution in [-0.2, 0) is 0 Å². The van der Waals surface area contributed by atoms with Gasteiger partial charge in [0, 0.05) is 10.7 Å². The van der Waals surface area contributed by atoms with Crippen molar-refractivity contribution in [3.05, 3.63) is 44.4 Å². The third kappa shape index (κ3) is 3.12. The largest absolute Gasteiger partial charge is 0.436 e. The van der Waals surface area contributed by atoms with Gasteiger partial charge in [-0.15, -0.1) is 0 Å². The molecule has 1 heterocycles. The summed E-state index contributed by atoms with van der Waals surface area (Å²) >= 11 is 12.4. The summed E-state index contributed by atoms with van der Waals surface area (Å²) < 4.78 is 7.15. The van der Waals surface area contributed by atoms with Crippen LogP contribution in [0, 0.1) is 0 Å². The van der Waals surface area contributed by atoms with E-state index in [9.17, 15) is 0 Å². The monoisotopic (exact) mass is 376 g/mol. The van der Waals surface area contributed by atoms with Crippen LogP contribution < -0.4 is 10.5 Å². The van der Waals surface area contributed by atoms with Gasteiger partial charge in [0.15, 0.2) is 5.75 Å². The Morgan fingerprint density at radius 1 is 1.24 bits per heavy atom. The van der Waals surface area contributed by atoms with Crippen molar-refractivity contribution in [2.24, 2.45) is 0 Å². The number of hydrogen-bond acceptors (Lipinski definition) is 3. The van der Waals surface area contributed by atoms with E-state index in [1.54, 1.807) is 18.2 Å². The van der Waals surface area contributed by atoms with E-state index in [4.69, 9.17) is 22.1 Å². The number of nitrogen functional groups attached to an aromatic ring is 1. The molecule has 2 N–H and O–H groups in total. The first-order valence-corrected chi connectivity index (χ1v) is 6.56. The summed E-state index contributed by atoms with van der Waals surface area (Å²) in [6.07, 6.45) is 1.51. The number of hydrogen-bond donors (Lipinski definition) is 1. The molecule has 0 unspecified atom stereocenters. The standard InChI is InChI=1S/C11H7Br2ClN2O/c12-6-1-2-10(9(15)3-6)17-11-8(13)4-7(14)5-16-11/h1-5H,15H2. The number of rotatable bonds is 2. The van der Waals surface area contributed by atoms with Crippen LogP contribution in [0.3, 0.4) is 0 Å². The molecule has 0 aliphatic heterocycles. The number of nitrogens with zero attached hydrogens (tertiary/aromatic N) is 1. The van der Waals surface area contributed by atoms with Gasteiger partial charge in [-0.2, -0.15) is 0 Å². The molecule has 2 aromatic rings. The van der Waals surface area contributed by atoms with E-state index in [-0.39, 0.29) is 0 Å². The maximum absolute atomic E-state index is 5.83. The molecule has 0 spiro atoms. The first-order chi connectivity index (χ1) is 8.06. The van der Waals surface area contributed by atoms with Crippen molar-refractivity contribution >= 4 is 49.1 Å². The maximum Gasteiger partial charge on any atom is 0.233 e. The molecule has 0 bridgehead atoms. The average Bonchev–Trinajstić information content (AvgIpc) is 2.25. The molecule has 6 heteroatoms. The topological polar surface area (TPSA) is 48.1 Å². The van der Waals surface area contributed by atoms with Gasteiger partial charge in [0.1, 0.15) is 0 Å². The molecule has 1 aromatic heterocycles. The zero-order valence-corrected chi connectivity index (χ0v) is 12.4. The lowest BCUT2D eigenvalue weighted by Crippen LogP contribution is -1.94. The third-order valence-corrected chi connectivity index (χ3v) is 3.22. The van der Waals surface area contributed by atoms with E-state index >= 15 is 0 Å². The number of anilines is 1. The van der Waals surface area contributed by atoms with Crippen LogP contribution in [0.4, 0.5) is 5.69 Å². The number of pyridine rings is 1. The van der Waals surface area contributed by atoms with Crippen LogP contribution in [0.1, 0.15) is 0 Å². The van der Waals surface area contributed by atoms with Crippen LogP contribution in [0.25, 0.3) is 0 Å². The summed E-state index contributed by atoms with van der Waals surface area (Å²) in [7, 11) is 0. The Balaban J connectivity index is 2.31. The highest BCUT2D eigenvalue weighted by Gasteiger charge is 2.07. The zero-order chi connectivity index (χ0) is 12.4. The van der Waals surface area contributed by atoms with Gasteiger partial charge in [-0.05, 0) is 40.2 Å². The molecule has 0 amide bonds. The summed E-state index contributed by atoms with van der Waals surface area (Å²) in [6.45, 7) is 0. The molecule has 0 aliphatic rings. The normalized spacial score (nSPS) is 10.3. The molecule has 2 rings (SSSR count). The second-order valence-corrected chi connectivity index (χ2v) is 5.43. The summed E-state index contributed by atoms with van der Waals surface area (Å²) in [6, 6.07) is 7.08. The van der Waals surface area contributed by atoms with Gasteiger partial charge >= 0.3 is 0 Å². The summed E-state index contributed by atoms with van der Waals surface area (Å²) in [5, 5.41) is 0.535. The fourth-order valence-corrected chi connectivity index (χ4v) is 2.29. The number of ether oxygens (including phenoxy) is 1. The Morgan fingerprint density at radius 3 is 2.65 bits per heavy atom. The lowest BCUT2D eigenvalue weighted by Gasteiger charge is -2.09. The van der Waals surface area contributed by atoms with Crippen LogP contribution in [0.5, 0.6) is 11.6 Å². The molecule has 88 valence electrons. The summed E-state index contributed by atoms with van der Waals surface area (Å²) in [4.78, 5) is 4.07. The van der Waals surface area contributed by atoms with Crippen LogP contribution >= 0.6 is 43.5 Å². The predicted octanol–water partition coefficient (Wildman–Crippen LogP) is 4.63. The fraction of sp³-hybridized carbons (Fsp3) is 0. The SMILES string of the molecule is Nc1cc(Br)ccc1Oc1ncc(Cl)cc1Br. The molecule has 0 fully saturated rings. The first-order valence-electron chi connectivity index (χ1n) is 4.60. The molecular weight excluding hydrogens is 371 g/mol. The van der Waals surface area contributed by atoms with Gasteiger partial charge < -0.3 is 10.5 Å². The minimum atomic E-state index is 0.420. The molecule has 0 atom stereocenters. The van der Waals surface area contributed by atoms with Crippen molar-refractivity contribution in [1.29, 1.82) is 0 Å². The molecule has 17 heavy (non-hydrogen) atoms. The van der Waals surface area contributed by atoms with E-state index in [2.05, 4.69) is 36.8 Å². The zero-order valence-electron chi connectivity index (χ0n) is 8.45. The summed E-state index contributed by atoms with van der Waals surface area (Å²) in [5.74, 6) is 0.965. The van der Waals surface area contributed by atoms with Gasteiger partial charge in [0.05, 0.1) is 15.2 Å². The molecule has 3 nitrogen and oxygen atoms in total. The molecule has 0 saturated carbocycles. The number of halogens is 3. The third-order valence-electron chi connectivity index (χ3n) is 1.95. The highest BCUT2D eigenvalue weighted by molar-refractivity contribution is 9.10. The Hall–Kier alpha value is -0.780. The second kappa shape index (κ2) is 5.25. The second-order valence-electron chi connectivity index (χ2n) is 3.22. The van der Waals surface area contributed by atoms with E-state index in [1.807, 2.05) is 6.07 Å². The molecule has 0 saturated heterocycles. The Morgan fingerprint density at radius 2 is 2.00 bits per heavy atom. The maximum atomic E-state index is 5.83. The number of aromatic nitrogens is 1. The van der Waals surface area contributed by atoms with Gasteiger partial charge in [-0.3, -0.25) is 0 Å². The van der Waals surface area contributed by atoms with E-state index in [0.717, 1.165) is 4.47 Å². The quantitative estimate of drug-likeness (QED) is 0.775. The smallest absolute Gasteiger partial charge is 0.233 e. The van der Waals surface area contributed by atoms with Crippen LogP contribution in [0.2, 0.25) is 5.02 Å². The Kier molecular flexibility index (Phi) is 3.91. The van der Waals surface area contributed by atoms with Crippen molar-refractivity contribution in [3.8, 4) is 11.6 Å². The number of nitrogens with two attached hydrogens (primary N) is 1. The molecule has 0 aliphatic carbocycles. The van der Waals surface area contributed by atoms with Crippen molar-refractivity contribution in [1.82, 2.24) is 4.98 Å². The highest BCUT2D eigenvalue weighted by Crippen LogP contribution is 2.33. The van der Waals surface area contributed by atoms with Crippen molar-refractivity contribution in [2.45, 2.75) is 0 Å². The van der Waals surface area contributed by atoms with Crippen molar-refractivity contribution in [3.63, 3.8) is 0 Å². The van der Waals surface area contributed by atoms with Crippen molar-refractivity contribution in [2.75, 3.05) is 5.73 Å². The minimum Gasteiger partial charge on any atom is -0.436 e. The minimum absolute atomic E-state index is 0.420. The predicted molar refractivity (Wildman–Crippen MR) is 75.6 cm³/mol. The van der Waals surface area contributed by atoms with E-state index in [0.29, 0.717) is 26.8 Å². The summed E-state index contributed by atoms with van der Waals surface area (Å²) in [5.41, 5.74) is 6.36. The van der Waals surface area contributed by atoms with E-state index in [1.165, 1.54) is 6.20 Å².